The van der Waals surface area contributed by atoms with Gasteiger partial charge in [-0.3, -0.25) is 0 Å². The highest BCUT2D eigenvalue weighted by molar-refractivity contribution is 7.91. The summed E-state index contributed by atoms with van der Waals surface area (Å²) in [6, 6.07) is 2.28. The van der Waals surface area contributed by atoms with Crippen LogP contribution in [-0.4, -0.2) is 26.0 Å². The van der Waals surface area contributed by atoms with Crippen LogP contribution in [0.25, 0.3) is 0 Å². The molecule has 0 radical (unpaired) electrons. The van der Waals surface area contributed by atoms with Crippen molar-refractivity contribution in [3.05, 3.63) is 23.0 Å². The molecule has 7 heteroatoms. The lowest BCUT2D eigenvalue weighted by Crippen LogP contribution is -2.22. The minimum Gasteiger partial charge on any atom is -0.397 e. The van der Waals surface area contributed by atoms with Gasteiger partial charge in [0.1, 0.15) is 5.82 Å². The van der Waals surface area contributed by atoms with Crippen molar-refractivity contribution in [3.8, 4) is 0 Å². The van der Waals surface area contributed by atoms with Crippen LogP contribution < -0.4 is 11.1 Å². The zero-order valence-corrected chi connectivity index (χ0v) is 10.5. The van der Waals surface area contributed by atoms with Gasteiger partial charge in [0.25, 0.3) is 0 Å². The fourth-order valence-corrected chi connectivity index (χ4v) is 3.75. The van der Waals surface area contributed by atoms with Crippen molar-refractivity contribution in [2.45, 2.75) is 12.5 Å². The number of hydrogen-bond acceptors (Lipinski definition) is 4. The van der Waals surface area contributed by atoms with Gasteiger partial charge < -0.3 is 11.1 Å². The Morgan fingerprint density at radius 1 is 1.47 bits per heavy atom. The molecule has 1 atom stereocenters. The van der Waals surface area contributed by atoms with Gasteiger partial charge in [0, 0.05) is 11.1 Å². The molecule has 17 heavy (non-hydrogen) atoms. The fourth-order valence-electron chi connectivity index (χ4n) is 1.86. The normalized spacial score (nSPS) is 22.6. The summed E-state index contributed by atoms with van der Waals surface area (Å²) in [5.74, 6) is -0.437. The molecule has 0 aliphatic carbocycles. The molecule has 94 valence electrons. The summed E-state index contributed by atoms with van der Waals surface area (Å²) in [6.45, 7) is 0. The molecule has 0 spiro atoms. The van der Waals surface area contributed by atoms with Gasteiger partial charge in [-0.25, -0.2) is 12.8 Å². The summed E-state index contributed by atoms with van der Waals surface area (Å²) in [4.78, 5) is 0. The van der Waals surface area contributed by atoms with E-state index in [1.165, 1.54) is 6.07 Å². The number of nitrogens with two attached hydrogens (primary N) is 1. The first kappa shape index (κ1) is 12.4. The molecule has 1 heterocycles. The number of hydrogen-bond donors (Lipinski definition) is 2. The van der Waals surface area contributed by atoms with Crippen molar-refractivity contribution >= 4 is 32.8 Å². The van der Waals surface area contributed by atoms with Gasteiger partial charge in [0.2, 0.25) is 0 Å². The van der Waals surface area contributed by atoms with Crippen LogP contribution in [0.2, 0.25) is 5.02 Å². The van der Waals surface area contributed by atoms with E-state index in [9.17, 15) is 12.8 Å². The highest BCUT2D eigenvalue weighted by Crippen LogP contribution is 2.29. The Morgan fingerprint density at radius 2 is 2.18 bits per heavy atom. The second kappa shape index (κ2) is 4.34. The average molecular weight is 279 g/mol. The van der Waals surface area contributed by atoms with E-state index in [1.54, 1.807) is 0 Å². The summed E-state index contributed by atoms with van der Waals surface area (Å²) in [7, 11) is -3.00. The van der Waals surface area contributed by atoms with E-state index in [1.807, 2.05) is 0 Å². The second-order valence-corrected chi connectivity index (χ2v) is 6.76. The van der Waals surface area contributed by atoms with Crippen LogP contribution in [0.15, 0.2) is 12.1 Å². The van der Waals surface area contributed by atoms with Crippen LogP contribution in [0.5, 0.6) is 0 Å². The van der Waals surface area contributed by atoms with Crippen LogP contribution in [0.4, 0.5) is 15.8 Å². The van der Waals surface area contributed by atoms with Crippen LogP contribution in [-0.2, 0) is 9.84 Å². The Bertz CT molecular complexity index is 524. The molecule has 0 aromatic heterocycles. The molecule has 1 aromatic carbocycles. The number of benzene rings is 1. The topological polar surface area (TPSA) is 72.2 Å². The lowest BCUT2D eigenvalue weighted by atomic mass is 10.2. The number of sulfone groups is 1. The highest BCUT2D eigenvalue weighted by Gasteiger charge is 2.28. The minimum absolute atomic E-state index is 0.00844. The molecule has 1 aromatic rings. The van der Waals surface area contributed by atoms with Crippen molar-refractivity contribution < 1.29 is 12.8 Å². The Kier molecular flexibility index (Phi) is 3.18. The molecule has 1 aliphatic heterocycles. The fraction of sp³-hybridized carbons (Fsp3) is 0.400. The van der Waals surface area contributed by atoms with E-state index >= 15 is 0 Å². The third-order valence-electron chi connectivity index (χ3n) is 2.67. The molecule has 0 saturated carbocycles. The molecule has 3 N–H and O–H groups in total. The molecular weight excluding hydrogens is 267 g/mol. The smallest absolute Gasteiger partial charge is 0.152 e. The number of nitrogens with one attached hydrogen (secondary N) is 1. The Morgan fingerprint density at radius 3 is 2.71 bits per heavy atom. The Hall–Kier alpha value is -1.01. The second-order valence-electron chi connectivity index (χ2n) is 4.10. The van der Waals surface area contributed by atoms with Gasteiger partial charge in [-0.05, 0) is 18.6 Å². The first-order chi connectivity index (χ1) is 7.87. The van der Waals surface area contributed by atoms with Crippen molar-refractivity contribution in [2.75, 3.05) is 22.6 Å². The zero-order chi connectivity index (χ0) is 12.6. The number of anilines is 2. The molecular formula is C10H12ClFN2O2S. The number of nitrogen functional groups attached to an aromatic ring is 1. The van der Waals surface area contributed by atoms with Crippen LogP contribution in [0.1, 0.15) is 6.42 Å². The third-order valence-corrected chi connectivity index (χ3v) is 4.65. The van der Waals surface area contributed by atoms with Gasteiger partial charge >= 0.3 is 0 Å². The van der Waals surface area contributed by atoms with Crippen molar-refractivity contribution in [1.82, 2.24) is 0 Å². The largest absolute Gasteiger partial charge is 0.397 e. The van der Waals surface area contributed by atoms with Crippen LogP contribution in [0.3, 0.4) is 0 Å². The maximum absolute atomic E-state index is 13.6. The van der Waals surface area contributed by atoms with Crippen LogP contribution in [0, 0.1) is 5.82 Å². The Balaban J connectivity index is 2.20. The van der Waals surface area contributed by atoms with E-state index in [-0.39, 0.29) is 33.9 Å². The summed E-state index contributed by atoms with van der Waals surface area (Å²) in [5.41, 5.74) is 5.93. The molecule has 0 bridgehead atoms. The van der Waals surface area contributed by atoms with E-state index < -0.39 is 15.7 Å². The lowest BCUT2D eigenvalue weighted by molar-refractivity contribution is 0.601. The van der Waals surface area contributed by atoms with Gasteiger partial charge in [-0.1, -0.05) is 11.6 Å². The maximum Gasteiger partial charge on any atom is 0.152 e. The zero-order valence-electron chi connectivity index (χ0n) is 8.91. The van der Waals surface area contributed by atoms with Gasteiger partial charge in [0.05, 0.1) is 22.9 Å². The molecule has 0 amide bonds. The van der Waals surface area contributed by atoms with E-state index in [4.69, 9.17) is 17.3 Å². The summed E-state index contributed by atoms with van der Waals surface area (Å²) < 4.78 is 36.1. The van der Waals surface area contributed by atoms with Gasteiger partial charge in [-0.2, -0.15) is 0 Å². The highest BCUT2D eigenvalue weighted by atomic mass is 35.5. The standard InChI is InChI=1S/C10H12ClFN2O2S/c11-6-3-8(12)10(9(13)4-6)14-7-1-2-17(15,16)5-7/h3-4,7,14H,1-2,5,13H2/t7-/m0/s1. The number of halogens is 2. The number of rotatable bonds is 2. The lowest BCUT2D eigenvalue weighted by Gasteiger charge is -2.15. The molecule has 1 aliphatic rings. The van der Waals surface area contributed by atoms with Gasteiger partial charge in [-0.15, -0.1) is 0 Å². The van der Waals surface area contributed by atoms with E-state index in [0.717, 1.165) is 6.07 Å². The average Bonchev–Trinajstić information content (AvgIpc) is 2.52. The van der Waals surface area contributed by atoms with E-state index in [0.29, 0.717) is 6.42 Å². The SMILES string of the molecule is Nc1cc(Cl)cc(F)c1N[C@H]1CCS(=O)(=O)C1. The van der Waals surface area contributed by atoms with Crippen molar-refractivity contribution in [3.63, 3.8) is 0 Å². The predicted octanol–water partition coefficient (Wildman–Crippen LogP) is 1.66. The predicted molar refractivity (Wildman–Crippen MR) is 66.5 cm³/mol. The van der Waals surface area contributed by atoms with Crippen molar-refractivity contribution in [1.29, 1.82) is 0 Å². The first-order valence-electron chi connectivity index (χ1n) is 5.09. The molecule has 0 unspecified atom stereocenters. The monoisotopic (exact) mass is 278 g/mol. The Labute approximate surface area is 104 Å². The molecule has 2 rings (SSSR count). The van der Waals surface area contributed by atoms with Gasteiger partial charge in [0.15, 0.2) is 9.84 Å². The quantitative estimate of drug-likeness (QED) is 0.807. The summed E-state index contributed by atoms with van der Waals surface area (Å²) in [6.07, 6.45) is 0.462. The minimum atomic E-state index is -3.00. The van der Waals surface area contributed by atoms with Crippen molar-refractivity contribution in [2.24, 2.45) is 0 Å². The molecule has 4 nitrogen and oxygen atoms in total. The summed E-state index contributed by atoms with van der Waals surface area (Å²) in [5, 5.41) is 3.04. The third kappa shape index (κ3) is 2.81. The molecule has 1 fully saturated rings. The summed E-state index contributed by atoms with van der Waals surface area (Å²) >= 11 is 5.64. The molecule has 1 saturated heterocycles. The first-order valence-corrected chi connectivity index (χ1v) is 7.29. The van der Waals surface area contributed by atoms with E-state index in [2.05, 4.69) is 5.32 Å². The van der Waals surface area contributed by atoms with Crippen LogP contribution >= 0.6 is 11.6 Å². The maximum atomic E-state index is 13.6.